The molecular formula is C31H59BN2O10. The number of aliphatic hydroxyl groups excluding tert-OH is 6. The SMILES string of the molecule is [B]CCCCCCC(=O)NCCCCCCCCCCCC(=O)N[C@@H](COC1OC(CO)[C@H](O)[C@H](O)C1O)[C@H](O)[C@H](O)CC. The molecule has 0 aromatic carbocycles. The number of aliphatic hydroxyl groups is 6. The Morgan fingerprint density at radius 3 is 1.91 bits per heavy atom. The summed E-state index contributed by atoms with van der Waals surface area (Å²) in [5.41, 5.74) is 0. The second-order valence-electron chi connectivity index (χ2n) is 11.9. The van der Waals surface area contributed by atoms with Crippen LogP contribution in [0.2, 0.25) is 6.32 Å². The van der Waals surface area contributed by atoms with E-state index in [1.807, 2.05) is 0 Å². The molecule has 0 saturated carbocycles. The van der Waals surface area contributed by atoms with E-state index in [0.717, 1.165) is 83.6 Å². The molecule has 0 aliphatic carbocycles. The Kier molecular flexibility index (Phi) is 23.0. The van der Waals surface area contributed by atoms with Gasteiger partial charge < -0.3 is 50.7 Å². The Morgan fingerprint density at radius 1 is 0.795 bits per heavy atom. The third-order valence-electron chi connectivity index (χ3n) is 8.12. The lowest BCUT2D eigenvalue weighted by Gasteiger charge is -2.40. The van der Waals surface area contributed by atoms with Crippen LogP contribution in [0.4, 0.5) is 0 Å². The Balaban J connectivity index is 2.20. The molecule has 1 saturated heterocycles. The van der Waals surface area contributed by atoms with Crippen LogP contribution in [0.3, 0.4) is 0 Å². The number of hydrogen-bond donors (Lipinski definition) is 8. The molecule has 1 fully saturated rings. The van der Waals surface area contributed by atoms with Crippen molar-refractivity contribution in [3.8, 4) is 0 Å². The zero-order chi connectivity index (χ0) is 32.7. The van der Waals surface area contributed by atoms with Crippen molar-refractivity contribution >= 4 is 19.7 Å². The van der Waals surface area contributed by atoms with Crippen LogP contribution in [-0.4, -0.2) is 119 Å². The van der Waals surface area contributed by atoms with Gasteiger partial charge in [0.15, 0.2) is 6.29 Å². The van der Waals surface area contributed by atoms with Crippen LogP contribution in [0.15, 0.2) is 0 Å². The molecule has 0 spiro atoms. The number of rotatable bonds is 26. The Bertz CT molecular complexity index is 750. The first-order chi connectivity index (χ1) is 21.2. The molecule has 3 unspecified atom stereocenters. The van der Waals surface area contributed by atoms with Gasteiger partial charge in [0.2, 0.25) is 11.8 Å². The fourth-order valence-corrected chi connectivity index (χ4v) is 5.17. The minimum absolute atomic E-state index is 0.137. The number of carbonyl (C=O) groups is 2. The van der Waals surface area contributed by atoms with Gasteiger partial charge in [0.25, 0.3) is 0 Å². The number of carbonyl (C=O) groups excluding carboxylic acids is 2. The highest BCUT2D eigenvalue weighted by Crippen LogP contribution is 2.22. The van der Waals surface area contributed by atoms with Gasteiger partial charge in [0, 0.05) is 19.4 Å². The van der Waals surface area contributed by atoms with Gasteiger partial charge in [-0.25, -0.2) is 0 Å². The number of ether oxygens (including phenoxy) is 2. The predicted molar refractivity (Wildman–Crippen MR) is 167 cm³/mol. The summed E-state index contributed by atoms with van der Waals surface area (Å²) in [6, 6.07) is -1.01. The lowest BCUT2D eigenvalue weighted by atomic mass is 9.98. The van der Waals surface area contributed by atoms with Crippen molar-refractivity contribution in [2.75, 3.05) is 19.8 Å². The summed E-state index contributed by atoms with van der Waals surface area (Å²) in [6.07, 6.45) is 5.22. The zero-order valence-electron chi connectivity index (χ0n) is 26.7. The van der Waals surface area contributed by atoms with Crippen molar-refractivity contribution in [2.45, 2.75) is 165 Å². The molecule has 0 aromatic heterocycles. The van der Waals surface area contributed by atoms with E-state index in [0.29, 0.717) is 19.2 Å². The third kappa shape index (κ3) is 16.8. The molecule has 13 heteroatoms. The quantitative estimate of drug-likeness (QED) is 0.0504. The van der Waals surface area contributed by atoms with Crippen molar-refractivity contribution in [2.24, 2.45) is 0 Å². The van der Waals surface area contributed by atoms with E-state index in [1.165, 1.54) is 0 Å². The minimum atomic E-state index is -1.61. The largest absolute Gasteiger partial charge is 0.394 e. The number of hydrogen-bond acceptors (Lipinski definition) is 10. The number of amides is 2. The van der Waals surface area contributed by atoms with Gasteiger partial charge in [-0.2, -0.15) is 0 Å². The van der Waals surface area contributed by atoms with E-state index in [-0.39, 0.29) is 31.3 Å². The Labute approximate surface area is 264 Å². The first-order valence-electron chi connectivity index (χ1n) is 16.7. The van der Waals surface area contributed by atoms with Crippen LogP contribution in [0.1, 0.15) is 110 Å². The summed E-state index contributed by atoms with van der Waals surface area (Å²) in [4.78, 5) is 24.4. The van der Waals surface area contributed by atoms with E-state index in [4.69, 9.17) is 17.3 Å². The minimum Gasteiger partial charge on any atom is -0.394 e. The number of unbranched alkanes of at least 4 members (excludes halogenated alkanes) is 11. The van der Waals surface area contributed by atoms with Crippen molar-refractivity contribution in [1.29, 1.82) is 0 Å². The molecule has 2 amide bonds. The molecule has 256 valence electrons. The van der Waals surface area contributed by atoms with E-state index < -0.39 is 55.6 Å². The molecule has 1 heterocycles. The highest BCUT2D eigenvalue weighted by Gasteiger charge is 2.44. The summed E-state index contributed by atoms with van der Waals surface area (Å²) in [7, 11) is 5.47. The first kappa shape index (κ1) is 40.7. The monoisotopic (exact) mass is 630 g/mol. The van der Waals surface area contributed by atoms with E-state index in [2.05, 4.69) is 10.6 Å². The maximum Gasteiger partial charge on any atom is 0.220 e. The average Bonchev–Trinajstić information content (AvgIpc) is 3.02. The van der Waals surface area contributed by atoms with Crippen molar-refractivity contribution in [3.63, 3.8) is 0 Å². The molecule has 12 nitrogen and oxygen atoms in total. The van der Waals surface area contributed by atoms with E-state index in [9.17, 15) is 40.2 Å². The molecule has 8 N–H and O–H groups in total. The smallest absolute Gasteiger partial charge is 0.220 e. The molecular weight excluding hydrogens is 571 g/mol. The summed E-state index contributed by atoms with van der Waals surface area (Å²) in [5.74, 6) is -0.175. The molecule has 1 aliphatic heterocycles. The fraction of sp³-hybridized carbons (Fsp3) is 0.935. The third-order valence-corrected chi connectivity index (χ3v) is 8.12. The van der Waals surface area contributed by atoms with Gasteiger partial charge in [0.1, 0.15) is 30.5 Å². The summed E-state index contributed by atoms with van der Waals surface area (Å²) in [5, 5.41) is 65.8. The second-order valence-corrected chi connectivity index (χ2v) is 11.9. The van der Waals surface area contributed by atoms with Crippen LogP contribution in [-0.2, 0) is 19.1 Å². The topological polar surface area (TPSA) is 198 Å². The fourth-order valence-electron chi connectivity index (χ4n) is 5.17. The van der Waals surface area contributed by atoms with Gasteiger partial charge in [-0.1, -0.05) is 77.5 Å². The average molecular weight is 631 g/mol. The molecule has 44 heavy (non-hydrogen) atoms. The van der Waals surface area contributed by atoms with E-state index in [1.54, 1.807) is 6.92 Å². The van der Waals surface area contributed by atoms with Crippen LogP contribution >= 0.6 is 0 Å². The van der Waals surface area contributed by atoms with Crippen LogP contribution in [0, 0.1) is 0 Å². The second kappa shape index (κ2) is 24.9. The van der Waals surface area contributed by atoms with Crippen molar-refractivity contribution in [1.82, 2.24) is 10.6 Å². The molecule has 1 aliphatic rings. The summed E-state index contributed by atoms with van der Waals surface area (Å²) < 4.78 is 10.8. The van der Waals surface area contributed by atoms with Crippen LogP contribution in [0.25, 0.3) is 0 Å². The zero-order valence-corrected chi connectivity index (χ0v) is 26.7. The van der Waals surface area contributed by atoms with Gasteiger partial charge in [-0.3, -0.25) is 9.59 Å². The van der Waals surface area contributed by atoms with E-state index >= 15 is 0 Å². The Morgan fingerprint density at radius 2 is 1.34 bits per heavy atom. The maximum atomic E-state index is 12.6. The molecule has 8 atom stereocenters. The van der Waals surface area contributed by atoms with Gasteiger partial charge in [-0.15, -0.1) is 0 Å². The summed E-state index contributed by atoms with van der Waals surface area (Å²) >= 11 is 0. The number of nitrogens with one attached hydrogen (secondary N) is 2. The highest BCUT2D eigenvalue weighted by molar-refractivity contribution is 6.08. The normalized spacial score (nSPS) is 24.0. The Hall–Kier alpha value is -1.32. The molecule has 0 aromatic rings. The van der Waals surface area contributed by atoms with Crippen molar-refractivity contribution < 1.29 is 49.7 Å². The van der Waals surface area contributed by atoms with Gasteiger partial charge >= 0.3 is 0 Å². The summed E-state index contributed by atoms with van der Waals surface area (Å²) in [6.45, 7) is 1.47. The molecule has 1 rings (SSSR count). The highest BCUT2D eigenvalue weighted by atomic mass is 16.7. The molecule has 0 bridgehead atoms. The van der Waals surface area contributed by atoms with Crippen LogP contribution < -0.4 is 10.6 Å². The van der Waals surface area contributed by atoms with Crippen LogP contribution in [0.5, 0.6) is 0 Å². The lowest BCUT2D eigenvalue weighted by molar-refractivity contribution is -0.303. The predicted octanol–water partition coefficient (Wildman–Crippen LogP) is 0.974. The first-order valence-corrected chi connectivity index (χ1v) is 16.7. The van der Waals surface area contributed by atoms with Gasteiger partial charge in [0.05, 0.1) is 33.2 Å². The van der Waals surface area contributed by atoms with Gasteiger partial charge in [-0.05, 0) is 25.7 Å². The standard InChI is InChI=1S/C31H59BN2O10/c1-2-23(36)27(39)22(21-43-31-30(42)29(41)28(40)24(20-35)44-31)34-26(38)17-13-8-6-4-3-5-7-11-15-19-33-25(37)16-12-9-10-14-18-32/h22-24,27-31,35-36,39-42H,2-21H2,1H3,(H,33,37)(H,34,38)/t22-,23+,24?,27-,28-,29-,30?,31?/m0/s1. The molecule has 2 radical (unpaired) electrons. The lowest BCUT2D eigenvalue weighted by Crippen LogP contribution is -2.60. The maximum absolute atomic E-state index is 12.6. The van der Waals surface area contributed by atoms with Crippen molar-refractivity contribution in [3.05, 3.63) is 0 Å².